The van der Waals surface area contributed by atoms with Gasteiger partial charge in [-0.3, -0.25) is 4.79 Å². The lowest BCUT2D eigenvalue weighted by Gasteiger charge is -2.36. The average molecular weight is 534 g/mol. The van der Waals surface area contributed by atoms with E-state index in [0.29, 0.717) is 66.3 Å². The van der Waals surface area contributed by atoms with Crippen molar-refractivity contribution in [1.82, 2.24) is 19.7 Å². The summed E-state index contributed by atoms with van der Waals surface area (Å²) >= 11 is 0. The van der Waals surface area contributed by atoms with E-state index < -0.39 is 9.84 Å². The second-order valence-corrected chi connectivity index (χ2v) is 12.2. The van der Waals surface area contributed by atoms with Crippen molar-refractivity contribution in [3.63, 3.8) is 0 Å². The average Bonchev–Trinajstić information content (AvgIpc) is 3.47. The Labute approximate surface area is 220 Å². The fourth-order valence-electron chi connectivity index (χ4n) is 5.49. The Bertz CT molecular complexity index is 1630. The van der Waals surface area contributed by atoms with Crippen LogP contribution in [0.15, 0.2) is 60.7 Å². The maximum Gasteiger partial charge on any atom is 0.254 e. The van der Waals surface area contributed by atoms with Crippen LogP contribution < -0.4 is 4.90 Å². The van der Waals surface area contributed by atoms with Crippen molar-refractivity contribution in [3.05, 3.63) is 77.7 Å². The second-order valence-electron chi connectivity index (χ2n) is 9.94. The maximum absolute atomic E-state index is 14.3. The molecule has 2 aliphatic heterocycles. The van der Waals surface area contributed by atoms with Gasteiger partial charge in [0.1, 0.15) is 5.82 Å². The molecule has 1 unspecified atom stereocenters. The van der Waals surface area contributed by atoms with Crippen LogP contribution in [0.2, 0.25) is 0 Å². The first-order valence-electron chi connectivity index (χ1n) is 12.8. The highest BCUT2D eigenvalue weighted by atomic mass is 32.2. The third kappa shape index (κ3) is 4.42. The number of benzene rings is 2. The Morgan fingerprint density at radius 1 is 1.00 bits per heavy atom. The lowest BCUT2D eigenvalue weighted by atomic mass is 10.0. The summed E-state index contributed by atoms with van der Waals surface area (Å²) in [4.78, 5) is 22.6. The van der Waals surface area contributed by atoms with Crippen LogP contribution in [0.25, 0.3) is 22.3 Å². The monoisotopic (exact) mass is 533 g/mol. The first kappa shape index (κ1) is 24.5. The highest BCUT2D eigenvalue weighted by molar-refractivity contribution is 7.91. The Kier molecular flexibility index (Phi) is 6.14. The molecule has 1 amide bonds. The zero-order chi connectivity index (χ0) is 26.4. The minimum absolute atomic E-state index is 0.0156. The van der Waals surface area contributed by atoms with E-state index in [1.165, 1.54) is 6.07 Å². The van der Waals surface area contributed by atoms with Crippen LogP contribution in [0.5, 0.6) is 0 Å². The maximum atomic E-state index is 14.3. The van der Waals surface area contributed by atoms with Crippen molar-refractivity contribution >= 4 is 32.5 Å². The summed E-state index contributed by atoms with van der Waals surface area (Å²) in [5, 5.41) is 5.34. The SMILES string of the molecule is Cc1nn(C2CCS(=O)(=O)C2)c2nc(-c3ccccc3)cc(C(=O)N3CCN(c4ccccc4F)CC3)c12. The summed E-state index contributed by atoms with van der Waals surface area (Å²) in [6, 6.07) is 17.8. The number of carbonyl (C=O) groups is 1. The number of pyridine rings is 1. The molecule has 4 heterocycles. The predicted molar refractivity (Wildman–Crippen MR) is 145 cm³/mol. The van der Waals surface area contributed by atoms with Gasteiger partial charge in [-0.05, 0) is 31.5 Å². The summed E-state index contributed by atoms with van der Waals surface area (Å²) in [6.07, 6.45) is 0.469. The minimum Gasteiger partial charge on any atom is -0.366 e. The molecule has 196 valence electrons. The standard InChI is InChI=1S/C28H28FN5O3S/c1-19-26-22(28(35)33-14-12-32(13-15-33)25-10-6-5-9-23(25)29)17-24(20-7-3-2-4-8-20)30-27(26)34(31-19)21-11-16-38(36,37)18-21/h2-10,17,21H,11-16,18H2,1H3. The molecule has 0 radical (unpaired) electrons. The third-order valence-corrected chi connectivity index (χ3v) is 9.20. The lowest BCUT2D eigenvalue weighted by Crippen LogP contribution is -2.49. The number of fused-ring (bicyclic) bond motifs is 1. The summed E-state index contributed by atoms with van der Waals surface area (Å²) in [6.45, 7) is 3.77. The van der Waals surface area contributed by atoms with Crippen LogP contribution in [-0.2, 0) is 9.84 Å². The molecule has 0 saturated carbocycles. The molecule has 2 aliphatic rings. The molecule has 0 spiro atoms. The van der Waals surface area contributed by atoms with Crippen LogP contribution >= 0.6 is 0 Å². The van der Waals surface area contributed by atoms with Gasteiger partial charge < -0.3 is 9.80 Å². The largest absolute Gasteiger partial charge is 0.366 e. The van der Waals surface area contributed by atoms with Crippen LogP contribution in [0.3, 0.4) is 0 Å². The van der Waals surface area contributed by atoms with Gasteiger partial charge in [0.05, 0.1) is 45.6 Å². The van der Waals surface area contributed by atoms with Crippen molar-refractivity contribution in [3.8, 4) is 11.3 Å². The van der Waals surface area contributed by atoms with Gasteiger partial charge in [-0.15, -0.1) is 0 Å². The molecular formula is C28H28FN5O3S. The second kappa shape index (κ2) is 9.50. The summed E-state index contributed by atoms with van der Waals surface area (Å²) in [7, 11) is -3.14. The molecule has 2 aromatic carbocycles. The number of sulfone groups is 1. The van der Waals surface area contributed by atoms with E-state index in [1.54, 1.807) is 21.7 Å². The number of carbonyl (C=O) groups excluding carboxylic acids is 1. The van der Waals surface area contributed by atoms with Crippen LogP contribution in [0.4, 0.5) is 10.1 Å². The molecule has 0 aliphatic carbocycles. The van der Waals surface area contributed by atoms with E-state index in [2.05, 4.69) is 0 Å². The number of para-hydroxylation sites is 1. The Balaban J connectivity index is 1.38. The van der Waals surface area contributed by atoms with Crippen molar-refractivity contribution in [2.75, 3.05) is 42.6 Å². The molecule has 8 nitrogen and oxygen atoms in total. The lowest BCUT2D eigenvalue weighted by molar-refractivity contribution is 0.0748. The van der Waals surface area contributed by atoms with Gasteiger partial charge in [0, 0.05) is 31.7 Å². The Hall–Kier alpha value is -3.79. The molecule has 6 rings (SSSR count). The molecule has 2 saturated heterocycles. The molecule has 0 bridgehead atoms. The fraction of sp³-hybridized carbons (Fsp3) is 0.321. The molecular weight excluding hydrogens is 505 g/mol. The van der Waals surface area contributed by atoms with Crippen molar-refractivity contribution in [2.24, 2.45) is 0 Å². The fourth-order valence-corrected chi connectivity index (χ4v) is 7.18. The van der Waals surface area contributed by atoms with Crippen molar-refractivity contribution in [2.45, 2.75) is 19.4 Å². The van der Waals surface area contributed by atoms with Crippen LogP contribution in [0, 0.1) is 12.7 Å². The topological polar surface area (TPSA) is 88.4 Å². The van der Waals surface area contributed by atoms with Gasteiger partial charge in [-0.1, -0.05) is 42.5 Å². The van der Waals surface area contributed by atoms with E-state index in [0.717, 1.165) is 5.56 Å². The molecule has 2 aromatic heterocycles. The number of hydrogen-bond donors (Lipinski definition) is 0. The number of piperazine rings is 1. The van der Waals surface area contributed by atoms with Crippen LogP contribution in [0.1, 0.15) is 28.5 Å². The predicted octanol–water partition coefficient (Wildman–Crippen LogP) is 3.87. The minimum atomic E-state index is -3.14. The highest BCUT2D eigenvalue weighted by Gasteiger charge is 2.33. The third-order valence-electron chi connectivity index (χ3n) is 7.45. The molecule has 0 N–H and O–H groups in total. The van der Waals surface area contributed by atoms with Gasteiger partial charge >= 0.3 is 0 Å². The van der Waals surface area contributed by atoms with Crippen molar-refractivity contribution < 1.29 is 17.6 Å². The van der Waals surface area contributed by atoms with Gasteiger partial charge in [-0.25, -0.2) is 22.5 Å². The Morgan fingerprint density at radius 2 is 1.71 bits per heavy atom. The summed E-state index contributed by atoms with van der Waals surface area (Å²) in [5.74, 6) is -0.270. The van der Waals surface area contributed by atoms with Crippen molar-refractivity contribution in [1.29, 1.82) is 0 Å². The number of nitrogens with zero attached hydrogens (tertiary/aromatic N) is 5. The van der Waals surface area contributed by atoms with E-state index in [4.69, 9.17) is 10.1 Å². The van der Waals surface area contributed by atoms with Gasteiger partial charge in [0.2, 0.25) is 0 Å². The first-order valence-corrected chi connectivity index (χ1v) is 14.6. The summed E-state index contributed by atoms with van der Waals surface area (Å²) in [5.41, 5.74) is 3.70. The molecule has 38 heavy (non-hydrogen) atoms. The zero-order valence-electron chi connectivity index (χ0n) is 21.0. The van der Waals surface area contributed by atoms with E-state index in [-0.39, 0.29) is 29.3 Å². The Morgan fingerprint density at radius 3 is 2.39 bits per heavy atom. The normalized spacial score (nSPS) is 19.3. The smallest absolute Gasteiger partial charge is 0.254 e. The quantitative estimate of drug-likeness (QED) is 0.396. The van der Waals surface area contributed by atoms with E-state index >= 15 is 0 Å². The first-order chi connectivity index (χ1) is 18.3. The number of rotatable bonds is 4. The molecule has 10 heteroatoms. The van der Waals surface area contributed by atoms with E-state index in [1.807, 2.05) is 54.3 Å². The molecule has 1 atom stereocenters. The van der Waals surface area contributed by atoms with E-state index in [9.17, 15) is 17.6 Å². The number of aromatic nitrogens is 3. The highest BCUT2D eigenvalue weighted by Crippen LogP contribution is 2.33. The van der Waals surface area contributed by atoms with Crippen LogP contribution in [-0.4, -0.2) is 71.7 Å². The number of halogens is 1. The molecule has 4 aromatic rings. The van der Waals surface area contributed by atoms with Gasteiger partial charge in [-0.2, -0.15) is 5.10 Å². The molecule has 2 fully saturated rings. The number of hydrogen-bond acceptors (Lipinski definition) is 6. The zero-order valence-corrected chi connectivity index (χ0v) is 21.9. The number of aryl methyl sites for hydroxylation is 1. The van der Waals surface area contributed by atoms with Gasteiger partial charge in [0.25, 0.3) is 5.91 Å². The number of anilines is 1. The summed E-state index contributed by atoms with van der Waals surface area (Å²) < 4.78 is 40.5. The number of amides is 1. The van der Waals surface area contributed by atoms with Gasteiger partial charge in [0.15, 0.2) is 15.5 Å².